The number of benzene rings is 1. The zero-order chi connectivity index (χ0) is 16.3. The maximum atomic E-state index is 12.5. The van der Waals surface area contributed by atoms with Gasteiger partial charge in [0.25, 0.3) is 0 Å². The van der Waals surface area contributed by atoms with E-state index in [1.807, 2.05) is 31.2 Å². The third-order valence-electron chi connectivity index (χ3n) is 3.99. The quantitative estimate of drug-likeness (QED) is 0.866. The average molecular weight is 304 g/mol. The minimum absolute atomic E-state index is 0.123. The van der Waals surface area contributed by atoms with E-state index in [2.05, 4.69) is 5.32 Å². The van der Waals surface area contributed by atoms with Crippen molar-refractivity contribution in [3.8, 4) is 0 Å². The standard InChI is InChI=1S/C17H24N2O3/c1-11(8-12(2)20)10-18-17(22)16-9-14-6-4-5-7-15(14)19(16)13(3)21/h4-7,11-12,16,20H,8-10H2,1-3H3,(H,18,22)/t11?,12?,16-/m0/s1. The summed E-state index contributed by atoms with van der Waals surface area (Å²) < 4.78 is 0. The Labute approximate surface area is 131 Å². The number of carbonyl (C=O) groups excluding carboxylic acids is 2. The highest BCUT2D eigenvalue weighted by atomic mass is 16.3. The van der Waals surface area contributed by atoms with E-state index in [1.165, 1.54) is 6.92 Å². The van der Waals surface area contributed by atoms with Crippen molar-refractivity contribution in [2.45, 2.75) is 45.8 Å². The van der Waals surface area contributed by atoms with E-state index in [0.29, 0.717) is 19.4 Å². The van der Waals surface area contributed by atoms with E-state index in [-0.39, 0.29) is 23.8 Å². The summed E-state index contributed by atoms with van der Waals surface area (Å²) in [5.74, 6) is -0.0653. The Kier molecular flexibility index (Phi) is 5.19. The second kappa shape index (κ2) is 6.92. The summed E-state index contributed by atoms with van der Waals surface area (Å²) in [6.45, 7) is 5.71. The van der Waals surface area contributed by atoms with Crippen LogP contribution in [0, 0.1) is 5.92 Å². The molecular formula is C17H24N2O3. The third kappa shape index (κ3) is 3.65. The van der Waals surface area contributed by atoms with Crippen molar-refractivity contribution in [1.29, 1.82) is 0 Å². The molecule has 0 saturated carbocycles. The highest BCUT2D eigenvalue weighted by Gasteiger charge is 2.36. The fraction of sp³-hybridized carbons (Fsp3) is 0.529. The number of nitrogens with zero attached hydrogens (tertiary/aromatic N) is 1. The molecule has 2 rings (SSSR count). The molecule has 1 heterocycles. The summed E-state index contributed by atoms with van der Waals surface area (Å²) in [6, 6.07) is 7.14. The number of anilines is 1. The molecule has 2 amide bonds. The Morgan fingerprint density at radius 2 is 2.05 bits per heavy atom. The zero-order valence-electron chi connectivity index (χ0n) is 13.4. The number of amides is 2. The summed E-state index contributed by atoms with van der Waals surface area (Å²) in [5.41, 5.74) is 1.85. The molecule has 1 aliphatic heterocycles. The predicted octanol–water partition coefficient (Wildman–Crippen LogP) is 1.49. The van der Waals surface area contributed by atoms with Gasteiger partial charge in [-0.3, -0.25) is 14.5 Å². The van der Waals surface area contributed by atoms with Gasteiger partial charge in [-0.25, -0.2) is 0 Å². The van der Waals surface area contributed by atoms with Gasteiger partial charge in [0.2, 0.25) is 11.8 Å². The third-order valence-corrected chi connectivity index (χ3v) is 3.99. The van der Waals surface area contributed by atoms with Gasteiger partial charge < -0.3 is 10.4 Å². The highest BCUT2D eigenvalue weighted by molar-refractivity contribution is 6.02. The molecule has 0 radical (unpaired) electrons. The van der Waals surface area contributed by atoms with Crippen LogP contribution >= 0.6 is 0 Å². The Morgan fingerprint density at radius 1 is 1.36 bits per heavy atom. The van der Waals surface area contributed by atoms with E-state index in [9.17, 15) is 14.7 Å². The normalized spacial score (nSPS) is 19.5. The van der Waals surface area contributed by atoms with E-state index in [1.54, 1.807) is 11.8 Å². The molecule has 1 aliphatic rings. The van der Waals surface area contributed by atoms with Gasteiger partial charge in [-0.15, -0.1) is 0 Å². The topological polar surface area (TPSA) is 69.6 Å². The first kappa shape index (κ1) is 16.5. The van der Waals surface area contributed by atoms with Crippen molar-refractivity contribution >= 4 is 17.5 Å². The molecule has 2 unspecified atom stereocenters. The number of hydrogen-bond acceptors (Lipinski definition) is 3. The average Bonchev–Trinajstić information content (AvgIpc) is 2.83. The predicted molar refractivity (Wildman–Crippen MR) is 85.6 cm³/mol. The van der Waals surface area contributed by atoms with Crippen LogP contribution in [0.15, 0.2) is 24.3 Å². The summed E-state index contributed by atoms with van der Waals surface area (Å²) in [7, 11) is 0. The van der Waals surface area contributed by atoms with E-state index >= 15 is 0 Å². The molecule has 120 valence electrons. The fourth-order valence-electron chi connectivity index (χ4n) is 3.04. The van der Waals surface area contributed by atoms with Crippen molar-refractivity contribution in [1.82, 2.24) is 5.32 Å². The van der Waals surface area contributed by atoms with Crippen LogP contribution in [0.5, 0.6) is 0 Å². The molecule has 0 aliphatic carbocycles. The second-order valence-corrected chi connectivity index (χ2v) is 6.17. The van der Waals surface area contributed by atoms with Crippen LogP contribution < -0.4 is 10.2 Å². The van der Waals surface area contributed by atoms with Crippen LogP contribution in [0.2, 0.25) is 0 Å². The molecule has 0 bridgehead atoms. The van der Waals surface area contributed by atoms with Crippen molar-refractivity contribution in [3.63, 3.8) is 0 Å². The lowest BCUT2D eigenvalue weighted by Gasteiger charge is -2.24. The van der Waals surface area contributed by atoms with Crippen LogP contribution in [-0.4, -0.2) is 35.6 Å². The number of fused-ring (bicyclic) bond motifs is 1. The molecule has 1 aromatic rings. The number of carbonyl (C=O) groups is 2. The van der Waals surface area contributed by atoms with Crippen LogP contribution in [0.25, 0.3) is 0 Å². The van der Waals surface area contributed by atoms with Crippen LogP contribution in [0.1, 0.15) is 32.8 Å². The monoisotopic (exact) mass is 304 g/mol. The number of rotatable bonds is 5. The Morgan fingerprint density at radius 3 is 2.68 bits per heavy atom. The lowest BCUT2D eigenvalue weighted by atomic mass is 10.0. The lowest BCUT2D eigenvalue weighted by molar-refractivity contribution is -0.125. The first-order chi connectivity index (χ1) is 10.4. The van der Waals surface area contributed by atoms with Crippen LogP contribution in [0.3, 0.4) is 0 Å². The molecule has 0 fully saturated rings. The van der Waals surface area contributed by atoms with E-state index in [4.69, 9.17) is 0 Å². The smallest absolute Gasteiger partial charge is 0.243 e. The molecule has 22 heavy (non-hydrogen) atoms. The maximum Gasteiger partial charge on any atom is 0.243 e. The molecule has 5 heteroatoms. The number of hydrogen-bond donors (Lipinski definition) is 2. The summed E-state index contributed by atoms with van der Waals surface area (Å²) in [5, 5.41) is 12.3. The second-order valence-electron chi connectivity index (χ2n) is 6.17. The first-order valence-electron chi connectivity index (χ1n) is 7.73. The molecule has 0 aromatic heterocycles. The van der Waals surface area contributed by atoms with Crippen molar-refractivity contribution < 1.29 is 14.7 Å². The Bertz CT molecular complexity index is 557. The zero-order valence-corrected chi connectivity index (χ0v) is 13.4. The van der Waals surface area contributed by atoms with Crippen LogP contribution in [0.4, 0.5) is 5.69 Å². The lowest BCUT2D eigenvalue weighted by Crippen LogP contribution is -2.48. The SMILES string of the molecule is CC(=O)N1c2ccccc2C[C@H]1C(=O)NCC(C)CC(C)O. The van der Waals surface area contributed by atoms with Crippen LogP contribution in [-0.2, 0) is 16.0 Å². The molecule has 5 nitrogen and oxygen atoms in total. The Balaban J connectivity index is 2.03. The van der Waals surface area contributed by atoms with Crippen molar-refractivity contribution in [2.75, 3.05) is 11.4 Å². The van der Waals surface area contributed by atoms with Gasteiger partial charge in [-0.1, -0.05) is 25.1 Å². The molecule has 3 atom stereocenters. The molecule has 0 spiro atoms. The van der Waals surface area contributed by atoms with E-state index in [0.717, 1.165) is 11.3 Å². The van der Waals surface area contributed by atoms with Crippen molar-refractivity contribution in [2.24, 2.45) is 5.92 Å². The first-order valence-corrected chi connectivity index (χ1v) is 7.73. The maximum absolute atomic E-state index is 12.5. The van der Waals surface area contributed by atoms with Gasteiger partial charge in [0.15, 0.2) is 0 Å². The fourth-order valence-corrected chi connectivity index (χ4v) is 3.04. The van der Waals surface area contributed by atoms with Gasteiger partial charge >= 0.3 is 0 Å². The van der Waals surface area contributed by atoms with Crippen molar-refractivity contribution in [3.05, 3.63) is 29.8 Å². The molecular weight excluding hydrogens is 280 g/mol. The minimum Gasteiger partial charge on any atom is -0.393 e. The van der Waals surface area contributed by atoms with Gasteiger partial charge in [0, 0.05) is 25.6 Å². The number of nitrogens with one attached hydrogen (secondary N) is 1. The number of para-hydroxylation sites is 1. The Hall–Kier alpha value is -1.88. The summed E-state index contributed by atoms with van der Waals surface area (Å²) in [6.07, 6.45) is 0.810. The van der Waals surface area contributed by atoms with Gasteiger partial charge in [0.1, 0.15) is 6.04 Å². The van der Waals surface area contributed by atoms with E-state index < -0.39 is 6.04 Å². The number of aliphatic hydroxyl groups excluding tert-OH is 1. The summed E-state index contributed by atoms with van der Waals surface area (Å²) in [4.78, 5) is 25.9. The summed E-state index contributed by atoms with van der Waals surface area (Å²) >= 11 is 0. The van der Waals surface area contributed by atoms with Gasteiger partial charge in [-0.2, -0.15) is 0 Å². The largest absolute Gasteiger partial charge is 0.393 e. The molecule has 0 saturated heterocycles. The number of aliphatic hydroxyl groups is 1. The molecule has 2 N–H and O–H groups in total. The highest BCUT2D eigenvalue weighted by Crippen LogP contribution is 2.32. The molecule has 1 aromatic carbocycles. The van der Waals surface area contributed by atoms with Gasteiger partial charge in [0.05, 0.1) is 6.10 Å². The van der Waals surface area contributed by atoms with Gasteiger partial charge in [-0.05, 0) is 30.9 Å². The minimum atomic E-state index is -0.478.